The Bertz CT molecular complexity index is 542. The van der Waals surface area contributed by atoms with Crippen molar-refractivity contribution < 1.29 is 9.18 Å². The maximum Gasteiger partial charge on any atom is 0.237 e. The first-order chi connectivity index (χ1) is 10.5. The monoisotopic (exact) mass is 305 g/mol. The molecule has 0 saturated carbocycles. The Labute approximate surface area is 131 Å². The summed E-state index contributed by atoms with van der Waals surface area (Å²) in [6.07, 6.45) is 1.17. The van der Waals surface area contributed by atoms with Gasteiger partial charge in [0.05, 0.1) is 6.54 Å². The summed E-state index contributed by atoms with van der Waals surface area (Å²) in [6.45, 7) is 7.97. The first-order valence-corrected chi connectivity index (χ1v) is 7.99. The normalized spacial score (nSPS) is 26.6. The zero-order valence-corrected chi connectivity index (χ0v) is 13.1. The van der Waals surface area contributed by atoms with Crippen LogP contribution < -0.4 is 5.32 Å². The molecule has 120 valence electrons. The number of amides is 1. The van der Waals surface area contributed by atoms with Crippen molar-refractivity contribution in [3.8, 4) is 0 Å². The van der Waals surface area contributed by atoms with E-state index in [4.69, 9.17) is 0 Å². The average Bonchev–Trinajstić information content (AvgIpc) is 2.88. The van der Waals surface area contributed by atoms with Crippen LogP contribution in [0.2, 0.25) is 0 Å². The van der Waals surface area contributed by atoms with E-state index in [0.29, 0.717) is 13.1 Å². The van der Waals surface area contributed by atoms with Gasteiger partial charge in [0.2, 0.25) is 5.91 Å². The molecular formula is C17H24FN3O. The fraction of sp³-hybridized carbons (Fsp3) is 0.588. The third-order valence-corrected chi connectivity index (χ3v) is 4.72. The van der Waals surface area contributed by atoms with Crippen LogP contribution in [0.15, 0.2) is 24.3 Å². The number of benzene rings is 1. The molecule has 1 aromatic carbocycles. The number of rotatable bonds is 4. The van der Waals surface area contributed by atoms with Crippen LogP contribution >= 0.6 is 0 Å². The van der Waals surface area contributed by atoms with Crippen molar-refractivity contribution in [1.82, 2.24) is 15.1 Å². The Morgan fingerprint density at radius 2 is 2.23 bits per heavy atom. The van der Waals surface area contributed by atoms with Crippen LogP contribution in [0.25, 0.3) is 0 Å². The van der Waals surface area contributed by atoms with E-state index >= 15 is 0 Å². The van der Waals surface area contributed by atoms with Crippen molar-refractivity contribution in [3.05, 3.63) is 35.6 Å². The first kappa shape index (κ1) is 15.4. The molecule has 2 heterocycles. The lowest BCUT2D eigenvalue weighted by Crippen LogP contribution is -2.52. The molecule has 1 N–H and O–H groups in total. The molecule has 0 bridgehead atoms. The molecule has 1 unspecified atom stereocenters. The van der Waals surface area contributed by atoms with Crippen molar-refractivity contribution in [2.24, 2.45) is 5.41 Å². The van der Waals surface area contributed by atoms with Crippen LogP contribution in [0.4, 0.5) is 4.39 Å². The zero-order chi connectivity index (χ0) is 15.6. The molecule has 0 spiro atoms. The van der Waals surface area contributed by atoms with Crippen LogP contribution in [0.3, 0.4) is 0 Å². The Morgan fingerprint density at radius 1 is 1.36 bits per heavy atom. The number of halogens is 1. The number of nitrogens with zero attached hydrogens (tertiary/aromatic N) is 2. The molecule has 2 fully saturated rings. The third-order valence-electron chi connectivity index (χ3n) is 4.72. The summed E-state index contributed by atoms with van der Waals surface area (Å²) < 4.78 is 13.2. The summed E-state index contributed by atoms with van der Waals surface area (Å²) in [4.78, 5) is 16.4. The predicted molar refractivity (Wildman–Crippen MR) is 83.9 cm³/mol. The molecule has 2 aliphatic rings. The SMILES string of the molecule is CC1(CN2CCN(Cc3cccc(F)c3)C(=O)C2)CCNC1. The quantitative estimate of drug-likeness (QED) is 0.915. The Hall–Kier alpha value is -1.46. The van der Waals surface area contributed by atoms with Crippen molar-refractivity contribution in [1.29, 1.82) is 0 Å². The standard InChI is InChI=1S/C17H24FN3O/c1-17(5-6-19-12-17)13-20-7-8-21(16(22)11-20)10-14-3-2-4-15(18)9-14/h2-4,9,19H,5-8,10-13H2,1H3. The highest BCUT2D eigenvalue weighted by Crippen LogP contribution is 2.26. The molecule has 0 aromatic heterocycles. The van der Waals surface area contributed by atoms with E-state index in [0.717, 1.165) is 38.3 Å². The lowest BCUT2D eigenvalue weighted by molar-refractivity contribution is -0.137. The molecule has 0 radical (unpaired) electrons. The van der Waals surface area contributed by atoms with Gasteiger partial charge in [0, 0.05) is 32.7 Å². The molecule has 2 saturated heterocycles. The first-order valence-electron chi connectivity index (χ1n) is 7.99. The second kappa shape index (κ2) is 6.34. The number of nitrogens with one attached hydrogen (secondary N) is 1. The highest BCUT2D eigenvalue weighted by atomic mass is 19.1. The molecule has 22 heavy (non-hydrogen) atoms. The Morgan fingerprint density at radius 3 is 2.91 bits per heavy atom. The van der Waals surface area contributed by atoms with Gasteiger partial charge < -0.3 is 10.2 Å². The molecule has 5 heteroatoms. The second-order valence-electron chi connectivity index (χ2n) is 6.89. The minimum Gasteiger partial charge on any atom is -0.336 e. The summed E-state index contributed by atoms with van der Waals surface area (Å²) in [5.74, 6) is -0.102. The second-order valence-corrected chi connectivity index (χ2v) is 6.89. The van der Waals surface area contributed by atoms with Crippen LogP contribution in [0, 0.1) is 11.2 Å². The van der Waals surface area contributed by atoms with Gasteiger partial charge in [-0.25, -0.2) is 4.39 Å². The minimum atomic E-state index is -0.245. The van der Waals surface area contributed by atoms with Crippen LogP contribution in [-0.4, -0.2) is 55.0 Å². The largest absolute Gasteiger partial charge is 0.336 e. The van der Waals surface area contributed by atoms with Gasteiger partial charge >= 0.3 is 0 Å². The van der Waals surface area contributed by atoms with Crippen molar-refractivity contribution in [3.63, 3.8) is 0 Å². The van der Waals surface area contributed by atoms with E-state index < -0.39 is 0 Å². The van der Waals surface area contributed by atoms with Gasteiger partial charge in [-0.3, -0.25) is 9.69 Å². The van der Waals surface area contributed by atoms with Gasteiger partial charge in [-0.2, -0.15) is 0 Å². The third kappa shape index (κ3) is 3.65. The van der Waals surface area contributed by atoms with E-state index in [2.05, 4.69) is 17.1 Å². The fourth-order valence-electron chi connectivity index (χ4n) is 3.46. The molecule has 0 aliphatic carbocycles. The zero-order valence-electron chi connectivity index (χ0n) is 13.1. The van der Waals surface area contributed by atoms with Crippen LogP contribution in [0.5, 0.6) is 0 Å². The summed E-state index contributed by atoms with van der Waals surface area (Å²) in [7, 11) is 0. The molecule has 2 aliphatic heterocycles. The molecule has 1 aromatic rings. The van der Waals surface area contributed by atoms with E-state index in [-0.39, 0.29) is 17.1 Å². The highest BCUT2D eigenvalue weighted by Gasteiger charge is 2.33. The topological polar surface area (TPSA) is 35.6 Å². The average molecular weight is 305 g/mol. The van der Waals surface area contributed by atoms with E-state index in [1.54, 1.807) is 6.07 Å². The van der Waals surface area contributed by atoms with E-state index in [1.165, 1.54) is 18.6 Å². The van der Waals surface area contributed by atoms with Crippen LogP contribution in [0.1, 0.15) is 18.9 Å². The lowest BCUT2D eigenvalue weighted by atomic mass is 9.89. The van der Waals surface area contributed by atoms with Crippen molar-refractivity contribution in [2.75, 3.05) is 39.3 Å². The smallest absolute Gasteiger partial charge is 0.237 e. The van der Waals surface area contributed by atoms with Gasteiger partial charge in [-0.05, 0) is 36.1 Å². The van der Waals surface area contributed by atoms with Gasteiger partial charge in [0.25, 0.3) is 0 Å². The molecule has 1 atom stereocenters. The lowest BCUT2D eigenvalue weighted by Gasteiger charge is -2.38. The maximum atomic E-state index is 13.2. The molecular weight excluding hydrogens is 281 g/mol. The number of carbonyl (C=O) groups is 1. The molecule has 1 amide bonds. The van der Waals surface area contributed by atoms with Gasteiger partial charge in [-0.15, -0.1) is 0 Å². The number of piperazine rings is 1. The van der Waals surface area contributed by atoms with Crippen molar-refractivity contribution in [2.45, 2.75) is 19.9 Å². The number of hydrogen-bond donors (Lipinski definition) is 1. The van der Waals surface area contributed by atoms with Crippen LogP contribution in [-0.2, 0) is 11.3 Å². The summed E-state index contributed by atoms with van der Waals surface area (Å²) in [5.41, 5.74) is 1.14. The minimum absolute atomic E-state index is 0.144. The van der Waals surface area contributed by atoms with Crippen molar-refractivity contribution >= 4 is 5.91 Å². The Kier molecular flexibility index (Phi) is 4.45. The maximum absolute atomic E-state index is 13.2. The van der Waals surface area contributed by atoms with E-state index in [9.17, 15) is 9.18 Å². The van der Waals surface area contributed by atoms with Gasteiger partial charge in [-0.1, -0.05) is 19.1 Å². The Balaban J connectivity index is 1.55. The van der Waals surface area contributed by atoms with Gasteiger partial charge in [0.1, 0.15) is 5.82 Å². The summed E-state index contributed by atoms with van der Waals surface area (Å²) in [6, 6.07) is 6.50. The number of hydrogen-bond acceptors (Lipinski definition) is 3. The number of carbonyl (C=O) groups excluding carboxylic acids is 1. The highest BCUT2D eigenvalue weighted by molar-refractivity contribution is 5.79. The fourth-order valence-corrected chi connectivity index (χ4v) is 3.46. The summed E-state index contributed by atoms with van der Waals surface area (Å²) >= 11 is 0. The van der Waals surface area contributed by atoms with Gasteiger partial charge in [0.15, 0.2) is 0 Å². The molecule has 4 nitrogen and oxygen atoms in total. The molecule has 3 rings (SSSR count). The van der Waals surface area contributed by atoms with E-state index in [1.807, 2.05) is 11.0 Å². The summed E-state index contributed by atoms with van der Waals surface area (Å²) in [5, 5.41) is 3.40. The predicted octanol–water partition coefficient (Wildman–Crippen LogP) is 1.47.